The lowest BCUT2D eigenvalue weighted by Crippen LogP contribution is -2.40. The number of nitrogens with one attached hydrogen (secondary N) is 1. The number of fused-ring (bicyclic) bond motifs is 1. The maximum absolute atomic E-state index is 12.7. The standard InChI is InChI=1S/C20H19ClN2OS2/c1-13-15(21)4-2-5-16(13)22-19(24)12-23-9-7-17-14(8-11-26-17)20(23)18-6-3-10-25-18/h2-6,8,10-11,20H,7,9,12H2,1H3,(H,22,24)/t20-/m1/s1. The third-order valence-electron chi connectivity index (χ3n) is 4.77. The van der Waals surface area contributed by atoms with Crippen LogP contribution in [0.1, 0.15) is 26.9 Å². The van der Waals surface area contributed by atoms with E-state index >= 15 is 0 Å². The van der Waals surface area contributed by atoms with E-state index in [1.807, 2.05) is 36.5 Å². The molecule has 1 aliphatic rings. The van der Waals surface area contributed by atoms with Crippen molar-refractivity contribution < 1.29 is 4.79 Å². The molecule has 0 saturated heterocycles. The SMILES string of the molecule is Cc1c(Cl)cccc1NC(=O)CN1CCc2sccc2[C@@H]1c1cccs1. The minimum Gasteiger partial charge on any atom is -0.325 e. The van der Waals surface area contributed by atoms with Crippen LogP contribution in [0.2, 0.25) is 5.02 Å². The molecule has 134 valence electrons. The fourth-order valence-electron chi connectivity index (χ4n) is 3.44. The molecule has 0 spiro atoms. The topological polar surface area (TPSA) is 32.3 Å². The van der Waals surface area contributed by atoms with Gasteiger partial charge < -0.3 is 5.32 Å². The van der Waals surface area contributed by atoms with Crippen LogP contribution < -0.4 is 5.32 Å². The van der Waals surface area contributed by atoms with E-state index in [1.165, 1.54) is 15.3 Å². The molecule has 2 aromatic heterocycles. The highest BCUT2D eigenvalue weighted by Crippen LogP contribution is 2.39. The Morgan fingerprint density at radius 2 is 2.12 bits per heavy atom. The molecule has 1 amide bonds. The first-order valence-corrected chi connectivity index (χ1v) is 10.7. The predicted octanol–water partition coefficient (Wildman–Crippen LogP) is 5.36. The lowest BCUT2D eigenvalue weighted by Gasteiger charge is -2.34. The van der Waals surface area contributed by atoms with Crippen LogP contribution in [0.15, 0.2) is 47.2 Å². The highest BCUT2D eigenvalue weighted by molar-refractivity contribution is 7.10. The van der Waals surface area contributed by atoms with Crippen LogP contribution >= 0.6 is 34.3 Å². The largest absolute Gasteiger partial charge is 0.325 e. The Morgan fingerprint density at radius 3 is 2.92 bits per heavy atom. The van der Waals surface area contributed by atoms with Crippen LogP contribution in [0, 0.1) is 6.92 Å². The average molecular weight is 403 g/mol. The number of nitrogens with zero attached hydrogens (tertiary/aromatic N) is 1. The molecule has 3 heterocycles. The summed E-state index contributed by atoms with van der Waals surface area (Å²) in [4.78, 5) is 17.7. The van der Waals surface area contributed by atoms with Crippen LogP contribution in [0.4, 0.5) is 5.69 Å². The molecule has 6 heteroatoms. The Kier molecular flexibility index (Phi) is 5.14. The van der Waals surface area contributed by atoms with Gasteiger partial charge in [-0.3, -0.25) is 9.69 Å². The number of carbonyl (C=O) groups is 1. The van der Waals surface area contributed by atoms with Gasteiger partial charge in [0.25, 0.3) is 0 Å². The summed E-state index contributed by atoms with van der Waals surface area (Å²) in [5.74, 6) is -0.00407. The molecule has 1 aromatic carbocycles. The van der Waals surface area contributed by atoms with E-state index in [9.17, 15) is 4.79 Å². The van der Waals surface area contributed by atoms with Gasteiger partial charge in [0, 0.05) is 27.0 Å². The number of amides is 1. The zero-order chi connectivity index (χ0) is 18.1. The fraction of sp³-hybridized carbons (Fsp3) is 0.250. The first-order valence-electron chi connectivity index (χ1n) is 8.52. The van der Waals surface area contributed by atoms with E-state index in [0.717, 1.165) is 24.2 Å². The van der Waals surface area contributed by atoms with E-state index in [0.29, 0.717) is 11.6 Å². The summed E-state index contributed by atoms with van der Waals surface area (Å²) in [6.07, 6.45) is 0.998. The molecular formula is C20H19ClN2OS2. The Labute approximate surface area is 166 Å². The number of benzene rings is 1. The van der Waals surface area contributed by atoms with Crippen molar-refractivity contribution in [2.75, 3.05) is 18.4 Å². The van der Waals surface area contributed by atoms with Crippen molar-refractivity contribution in [3.8, 4) is 0 Å². The molecule has 0 saturated carbocycles. The fourth-order valence-corrected chi connectivity index (χ4v) is 5.39. The zero-order valence-corrected chi connectivity index (χ0v) is 16.8. The molecule has 0 aliphatic carbocycles. The quantitative estimate of drug-likeness (QED) is 0.637. The maximum Gasteiger partial charge on any atom is 0.238 e. The van der Waals surface area contributed by atoms with Gasteiger partial charge in [0.05, 0.1) is 12.6 Å². The van der Waals surface area contributed by atoms with Crippen LogP contribution in [0.25, 0.3) is 0 Å². The second-order valence-electron chi connectivity index (χ2n) is 6.40. The van der Waals surface area contributed by atoms with Gasteiger partial charge >= 0.3 is 0 Å². The maximum atomic E-state index is 12.7. The van der Waals surface area contributed by atoms with Crippen molar-refractivity contribution in [3.05, 3.63) is 73.1 Å². The van der Waals surface area contributed by atoms with Crippen LogP contribution in [0.3, 0.4) is 0 Å². The monoisotopic (exact) mass is 402 g/mol. The van der Waals surface area contributed by atoms with Crippen molar-refractivity contribution in [2.24, 2.45) is 0 Å². The van der Waals surface area contributed by atoms with Gasteiger partial charge in [-0.15, -0.1) is 22.7 Å². The number of anilines is 1. The van der Waals surface area contributed by atoms with Gasteiger partial charge in [-0.05, 0) is 59.5 Å². The third-order valence-corrected chi connectivity index (χ3v) is 7.10. The minimum atomic E-state index is -0.00407. The molecule has 0 radical (unpaired) electrons. The summed E-state index contributed by atoms with van der Waals surface area (Å²) in [7, 11) is 0. The average Bonchev–Trinajstić information content (AvgIpc) is 3.30. The first-order chi connectivity index (χ1) is 12.6. The van der Waals surface area contributed by atoms with Gasteiger partial charge in [-0.1, -0.05) is 23.7 Å². The summed E-state index contributed by atoms with van der Waals surface area (Å²) in [6, 6.07) is 12.2. The summed E-state index contributed by atoms with van der Waals surface area (Å²) >= 11 is 9.73. The Hall–Kier alpha value is -1.66. The molecular weight excluding hydrogens is 384 g/mol. The van der Waals surface area contributed by atoms with Crippen LogP contribution in [-0.4, -0.2) is 23.9 Å². The molecule has 3 nitrogen and oxygen atoms in total. The van der Waals surface area contributed by atoms with E-state index in [2.05, 4.69) is 39.2 Å². The number of carbonyl (C=O) groups excluding carboxylic acids is 1. The summed E-state index contributed by atoms with van der Waals surface area (Å²) in [5, 5.41) is 7.95. The van der Waals surface area contributed by atoms with Gasteiger partial charge in [-0.25, -0.2) is 0 Å². The Bertz CT molecular complexity index is 920. The van der Waals surface area contributed by atoms with Crippen molar-refractivity contribution in [3.63, 3.8) is 0 Å². The Morgan fingerprint density at radius 1 is 1.23 bits per heavy atom. The number of hydrogen-bond acceptors (Lipinski definition) is 4. The van der Waals surface area contributed by atoms with Crippen LogP contribution in [-0.2, 0) is 11.2 Å². The zero-order valence-electron chi connectivity index (χ0n) is 14.4. The molecule has 1 aliphatic heterocycles. The normalized spacial score (nSPS) is 17.1. The van der Waals surface area contributed by atoms with Gasteiger partial charge in [0.1, 0.15) is 0 Å². The number of halogens is 1. The number of thiophene rings is 2. The molecule has 3 aromatic rings. The van der Waals surface area contributed by atoms with E-state index in [1.54, 1.807) is 11.3 Å². The first kappa shape index (κ1) is 17.7. The molecule has 4 rings (SSSR count). The van der Waals surface area contributed by atoms with Crippen LogP contribution in [0.5, 0.6) is 0 Å². The number of rotatable bonds is 4. The van der Waals surface area contributed by atoms with Gasteiger partial charge in [-0.2, -0.15) is 0 Å². The van der Waals surface area contributed by atoms with E-state index < -0.39 is 0 Å². The highest BCUT2D eigenvalue weighted by atomic mass is 35.5. The second-order valence-corrected chi connectivity index (χ2v) is 8.79. The lowest BCUT2D eigenvalue weighted by molar-refractivity contribution is -0.117. The van der Waals surface area contributed by atoms with Gasteiger partial charge in [0.15, 0.2) is 0 Å². The Balaban J connectivity index is 1.55. The minimum absolute atomic E-state index is 0.00407. The third kappa shape index (κ3) is 3.45. The summed E-state index contributed by atoms with van der Waals surface area (Å²) in [5.41, 5.74) is 3.02. The van der Waals surface area contributed by atoms with Crippen molar-refractivity contribution in [2.45, 2.75) is 19.4 Å². The lowest BCUT2D eigenvalue weighted by atomic mass is 9.98. The molecule has 0 unspecified atom stereocenters. The van der Waals surface area contributed by atoms with Gasteiger partial charge in [0.2, 0.25) is 5.91 Å². The smallest absolute Gasteiger partial charge is 0.238 e. The molecule has 1 atom stereocenters. The molecule has 1 N–H and O–H groups in total. The van der Waals surface area contributed by atoms with E-state index in [4.69, 9.17) is 11.6 Å². The van der Waals surface area contributed by atoms with Crippen molar-refractivity contribution in [1.29, 1.82) is 0 Å². The molecule has 0 fully saturated rings. The second kappa shape index (κ2) is 7.53. The summed E-state index contributed by atoms with van der Waals surface area (Å²) in [6.45, 7) is 3.17. The molecule has 26 heavy (non-hydrogen) atoms. The highest BCUT2D eigenvalue weighted by Gasteiger charge is 2.31. The van der Waals surface area contributed by atoms with Crippen molar-refractivity contribution in [1.82, 2.24) is 4.90 Å². The number of hydrogen-bond donors (Lipinski definition) is 1. The summed E-state index contributed by atoms with van der Waals surface area (Å²) < 4.78 is 0. The van der Waals surface area contributed by atoms with E-state index in [-0.39, 0.29) is 11.9 Å². The van der Waals surface area contributed by atoms with Crippen molar-refractivity contribution >= 4 is 45.9 Å². The predicted molar refractivity (Wildman–Crippen MR) is 111 cm³/mol. The molecule has 0 bridgehead atoms.